The number of ether oxygens (including phenoxy) is 1. The molecular formula is C28H26ClF6NO7S. The maximum absolute atomic E-state index is 14.4. The molecule has 2 aliphatic heterocycles. The van der Waals surface area contributed by atoms with Crippen molar-refractivity contribution in [2.45, 2.75) is 65.7 Å². The van der Waals surface area contributed by atoms with Gasteiger partial charge in [-0.05, 0) is 62.4 Å². The van der Waals surface area contributed by atoms with Gasteiger partial charge in [-0.1, -0.05) is 23.7 Å². The molecule has 44 heavy (non-hydrogen) atoms. The maximum atomic E-state index is 14.4. The molecular weight excluding hydrogens is 644 g/mol. The highest BCUT2D eigenvalue weighted by Crippen LogP contribution is 2.56. The second-order valence-electron chi connectivity index (χ2n) is 11.3. The van der Waals surface area contributed by atoms with Crippen LogP contribution in [0.2, 0.25) is 5.02 Å². The molecule has 1 saturated carbocycles. The molecule has 1 amide bonds. The predicted octanol–water partition coefficient (Wildman–Crippen LogP) is 5.21. The van der Waals surface area contributed by atoms with Gasteiger partial charge in [-0.2, -0.15) is 26.3 Å². The summed E-state index contributed by atoms with van der Waals surface area (Å²) in [6.07, 6.45) is -11.7. The molecule has 0 aromatic heterocycles. The van der Waals surface area contributed by atoms with Gasteiger partial charge in [0.05, 0.1) is 16.9 Å². The van der Waals surface area contributed by atoms with Gasteiger partial charge in [0, 0.05) is 28.6 Å². The molecule has 8 nitrogen and oxygen atoms in total. The van der Waals surface area contributed by atoms with Crippen LogP contribution < -0.4 is 4.74 Å². The van der Waals surface area contributed by atoms with Crippen LogP contribution in [0.3, 0.4) is 0 Å². The van der Waals surface area contributed by atoms with Gasteiger partial charge in [-0.3, -0.25) is 9.59 Å². The molecule has 2 aromatic rings. The average Bonchev–Trinajstić information content (AvgIpc) is 3.37. The number of aliphatic carboxylic acids is 1. The Labute approximate surface area is 252 Å². The Morgan fingerprint density at radius 3 is 2.05 bits per heavy atom. The lowest BCUT2D eigenvalue weighted by Crippen LogP contribution is -2.56. The standard InChI is InChI=1S/C28H26ClF6NO7S/c29-18-6-8-19(9-7-18)44(41,42)25-11-12-36(23(37)15-1-3-16(4-2-15)24(38)39)22(25)14-43-21-13-17(5-10-20(21)25)26(40,27(30,31)32)28(33,34)35/h5-10,13,15-16,22,40H,1-4,11-12,14H2,(H,38,39). The Morgan fingerprint density at radius 1 is 0.932 bits per heavy atom. The van der Waals surface area contributed by atoms with Crippen LogP contribution in [0.15, 0.2) is 47.4 Å². The lowest BCUT2D eigenvalue weighted by molar-refractivity contribution is -0.376. The summed E-state index contributed by atoms with van der Waals surface area (Å²) in [5, 5.41) is 19.5. The number of alkyl halides is 6. The van der Waals surface area contributed by atoms with Gasteiger partial charge < -0.3 is 19.8 Å². The Kier molecular flexibility index (Phi) is 7.94. The van der Waals surface area contributed by atoms with Crippen molar-refractivity contribution in [3.05, 3.63) is 58.6 Å². The number of likely N-dealkylation sites (tertiary alicyclic amines) is 1. The third-order valence-electron chi connectivity index (χ3n) is 9.02. The summed E-state index contributed by atoms with van der Waals surface area (Å²) in [5.41, 5.74) is -7.15. The van der Waals surface area contributed by atoms with E-state index in [0.717, 1.165) is 6.07 Å². The zero-order valence-corrected chi connectivity index (χ0v) is 24.2. The van der Waals surface area contributed by atoms with Crippen LogP contribution in [0.1, 0.15) is 43.2 Å². The van der Waals surface area contributed by atoms with Crippen LogP contribution >= 0.6 is 11.6 Å². The summed E-state index contributed by atoms with van der Waals surface area (Å²) < 4.78 is 114. The number of sulfone groups is 1. The van der Waals surface area contributed by atoms with Gasteiger partial charge in [0.1, 0.15) is 17.1 Å². The number of carbonyl (C=O) groups excluding carboxylic acids is 1. The smallest absolute Gasteiger partial charge is 0.430 e. The molecule has 5 rings (SSSR count). The summed E-state index contributed by atoms with van der Waals surface area (Å²) in [6.45, 7) is -0.718. The van der Waals surface area contributed by atoms with Crippen molar-refractivity contribution >= 4 is 33.3 Å². The van der Waals surface area contributed by atoms with E-state index < -0.39 is 80.2 Å². The normalized spacial score (nSPS) is 26.0. The maximum Gasteiger partial charge on any atom is 0.430 e. The Bertz CT molecular complexity index is 1560. The highest BCUT2D eigenvalue weighted by atomic mass is 35.5. The zero-order valence-electron chi connectivity index (χ0n) is 22.7. The number of amides is 1. The van der Waals surface area contributed by atoms with Gasteiger partial charge in [0.2, 0.25) is 5.91 Å². The van der Waals surface area contributed by atoms with E-state index in [1.54, 1.807) is 0 Å². The first-order valence-corrected chi connectivity index (χ1v) is 15.4. The molecule has 0 bridgehead atoms. The number of carboxylic acids is 1. The molecule has 2 atom stereocenters. The SMILES string of the molecule is O=C(O)C1CCC(C(=O)N2CCC3(S(=O)(=O)c4ccc(Cl)cc4)c4ccc(C(O)(C(F)(F)F)C(F)(F)F)cc4OCC23)CC1. The van der Waals surface area contributed by atoms with E-state index in [1.165, 1.54) is 29.2 Å². The molecule has 0 radical (unpaired) electrons. The van der Waals surface area contributed by atoms with Gasteiger partial charge in [-0.25, -0.2) is 8.42 Å². The number of hydrogen-bond acceptors (Lipinski definition) is 6. The van der Waals surface area contributed by atoms with Crippen molar-refractivity contribution < 1.29 is 59.3 Å². The van der Waals surface area contributed by atoms with E-state index in [2.05, 4.69) is 0 Å². The van der Waals surface area contributed by atoms with Crippen molar-refractivity contribution in [1.29, 1.82) is 0 Å². The number of nitrogens with zero attached hydrogens (tertiary/aromatic N) is 1. The second-order valence-corrected chi connectivity index (χ2v) is 13.9. The van der Waals surface area contributed by atoms with Crippen LogP contribution in [-0.4, -0.2) is 67.0 Å². The fourth-order valence-corrected chi connectivity index (χ4v) is 9.05. The van der Waals surface area contributed by atoms with Crippen molar-refractivity contribution in [3.63, 3.8) is 0 Å². The van der Waals surface area contributed by atoms with E-state index in [4.69, 9.17) is 16.3 Å². The predicted molar refractivity (Wildman–Crippen MR) is 141 cm³/mol. The van der Waals surface area contributed by atoms with Crippen LogP contribution in [0.4, 0.5) is 26.3 Å². The number of carboxylic acid groups (broad SMARTS) is 1. The van der Waals surface area contributed by atoms with E-state index in [0.29, 0.717) is 12.1 Å². The number of halogens is 7. The molecule has 2 N–H and O–H groups in total. The number of aliphatic hydroxyl groups is 1. The minimum absolute atomic E-state index is 0.130. The van der Waals surface area contributed by atoms with Gasteiger partial charge in [-0.15, -0.1) is 0 Å². The third-order valence-corrected chi connectivity index (χ3v) is 11.8. The van der Waals surface area contributed by atoms with Crippen LogP contribution in [-0.2, 0) is 29.8 Å². The van der Waals surface area contributed by atoms with Crippen LogP contribution in [0, 0.1) is 11.8 Å². The topological polar surface area (TPSA) is 121 Å². The van der Waals surface area contributed by atoms with E-state index in [1.807, 2.05) is 0 Å². The molecule has 1 aliphatic carbocycles. The van der Waals surface area contributed by atoms with Crippen molar-refractivity contribution in [1.82, 2.24) is 4.90 Å². The number of rotatable bonds is 5. The van der Waals surface area contributed by atoms with E-state index in [9.17, 15) is 54.6 Å². The summed E-state index contributed by atoms with van der Waals surface area (Å²) in [7, 11) is -4.53. The van der Waals surface area contributed by atoms with Gasteiger partial charge in [0.25, 0.3) is 5.60 Å². The fourth-order valence-electron chi connectivity index (χ4n) is 6.64. The molecule has 2 fully saturated rings. The quantitative estimate of drug-likeness (QED) is 0.420. The first-order valence-electron chi connectivity index (χ1n) is 13.5. The lowest BCUT2D eigenvalue weighted by Gasteiger charge is -2.43. The third kappa shape index (κ3) is 4.82. The molecule has 0 spiro atoms. The summed E-state index contributed by atoms with van der Waals surface area (Å²) in [6, 6.07) is 5.25. The summed E-state index contributed by atoms with van der Waals surface area (Å²) >= 11 is 5.94. The van der Waals surface area contributed by atoms with E-state index >= 15 is 0 Å². The molecule has 2 unspecified atom stereocenters. The second kappa shape index (κ2) is 10.8. The molecule has 2 heterocycles. The number of hydrogen-bond donors (Lipinski definition) is 2. The Hall–Kier alpha value is -3.04. The number of benzene rings is 2. The number of fused-ring (bicyclic) bond motifs is 3. The molecule has 2 aromatic carbocycles. The Morgan fingerprint density at radius 2 is 1.50 bits per heavy atom. The van der Waals surface area contributed by atoms with Crippen LogP contribution in [0.5, 0.6) is 5.75 Å². The Balaban J connectivity index is 1.62. The molecule has 240 valence electrons. The average molecular weight is 670 g/mol. The first-order chi connectivity index (χ1) is 20.4. The molecule has 16 heteroatoms. The van der Waals surface area contributed by atoms with Gasteiger partial charge >= 0.3 is 18.3 Å². The largest absolute Gasteiger partial charge is 0.491 e. The van der Waals surface area contributed by atoms with Crippen molar-refractivity contribution in [3.8, 4) is 5.75 Å². The minimum Gasteiger partial charge on any atom is -0.491 e. The zero-order chi connectivity index (χ0) is 32.5. The van der Waals surface area contributed by atoms with Gasteiger partial charge in [0.15, 0.2) is 9.84 Å². The number of carbonyl (C=O) groups is 2. The van der Waals surface area contributed by atoms with Crippen molar-refractivity contribution in [2.24, 2.45) is 11.8 Å². The van der Waals surface area contributed by atoms with Crippen molar-refractivity contribution in [2.75, 3.05) is 13.2 Å². The highest BCUT2D eigenvalue weighted by molar-refractivity contribution is 7.92. The molecule has 1 saturated heterocycles. The summed E-state index contributed by atoms with van der Waals surface area (Å²) in [5.74, 6) is -3.27. The first kappa shape index (κ1) is 32.4. The van der Waals surface area contributed by atoms with E-state index in [-0.39, 0.29) is 54.1 Å². The lowest BCUT2D eigenvalue weighted by atomic mass is 9.81. The fraction of sp³-hybridized carbons (Fsp3) is 0.500. The highest BCUT2D eigenvalue weighted by Gasteiger charge is 2.72. The summed E-state index contributed by atoms with van der Waals surface area (Å²) in [4.78, 5) is 26.2. The molecule has 3 aliphatic rings. The monoisotopic (exact) mass is 669 g/mol. The minimum atomic E-state index is -6.18. The van der Waals surface area contributed by atoms with Crippen LogP contribution in [0.25, 0.3) is 0 Å².